The molecular weight excluding hydrogens is 491 g/mol. The highest BCUT2D eigenvalue weighted by Crippen LogP contribution is 2.43. The summed E-state index contributed by atoms with van der Waals surface area (Å²) in [5, 5.41) is 16.0. The fourth-order valence-electron chi connectivity index (χ4n) is 3.37. The van der Waals surface area contributed by atoms with Crippen LogP contribution >= 0.6 is 7.75 Å². The highest BCUT2D eigenvalue weighted by atomic mass is 31.2. The summed E-state index contributed by atoms with van der Waals surface area (Å²) in [7, 11) is -4.94. The third kappa shape index (κ3) is 5.02. The lowest BCUT2D eigenvalue weighted by atomic mass is 10.0. The predicted octanol–water partition coefficient (Wildman–Crippen LogP) is -0.0971. The third-order valence-electron chi connectivity index (χ3n) is 5.34. The molecule has 4 atom stereocenters. The minimum absolute atomic E-state index is 0.261. The van der Waals surface area contributed by atoms with Crippen LogP contribution in [0.5, 0.6) is 0 Å². The molecule has 2 aliphatic heterocycles. The molecule has 0 amide bonds. The Kier molecular flexibility index (Phi) is 7.25. The van der Waals surface area contributed by atoms with Gasteiger partial charge in [0.2, 0.25) is 0 Å². The van der Waals surface area contributed by atoms with Crippen LogP contribution in [0.25, 0.3) is 22.6 Å². The summed E-state index contributed by atoms with van der Waals surface area (Å²) in [6.07, 6.45) is -1.81. The molecule has 35 heavy (non-hydrogen) atoms. The van der Waals surface area contributed by atoms with Gasteiger partial charge in [-0.05, 0) is 37.1 Å². The van der Waals surface area contributed by atoms with Gasteiger partial charge in [0, 0.05) is 4.95 Å². The number of hydrogen-bond donors (Lipinski definition) is 3. The molecule has 17 nitrogen and oxygen atoms in total. The van der Waals surface area contributed by atoms with Crippen LogP contribution in [0.2, 0.25) is 0 Å². The molecular formula is C17H19N8O9P. The largest absolute Gasteiger partial charge is 0.487 e. The van der Waals surface area contributed by atoms with E-state index in [2.05, 4.69) is 24.8 Å². The summed E-state index contributed by atoms with van der Waals surface area (Å²) in [4.78, 5) is 76.7. The Morgan fingerprint density at radius 2 is 1.80 bits per heavy atom. The Balaban J connectivity index is 2.14. The standard InChI is InChI=1S/C17H19N8O9P/c1-7-3-9-11(4-8(7)2)24(15-14(19-9)16(27)25(18)17(28)20-15)5-12(26)13(22-30)10(21-29)6-34-35(32,33)23-31/h3-4,10,12-13,26H,5-6,18H2,1-2H3,(H,32,33). The zero-order valence-electron chi connectivity index (χ0n) is 18.2. The molecule has 0 radical (unpaired) electrons. The fraction of sp³-hybridized carbons (Fsp3) is 0.412. The van der Waals surface area contributed by atoms with E-state index in [0.717, 1.165) is 11.1 Å². The molecule has 2 aliphatic rings. The number of aryl methyl sites for hydroxylation is 2. The van der Waals surface area contributed by atoms with Crippen molar-refractivity contribution in [1.82, 2.24) is 19.2 Å². The molecule has 4 N–H and O–H groups in total. The van der Waals surface area contributed by atoms with Crippen LogP contribution < -0.4 is 17.1 Å². The topological polar surface area (TPSA) is 251 Å². The number of hydrogen-bond acceptors (Lipinski definition) is 13. The van der Waals surface area contributed by atoms with Crippen molar-refractivity contribution in [3.8, 4) is 11.5 Å². The van der Waals surface area contributed by atoms with Crippen molar-refractivity contribution in [1.29, 1.82) is 0 Å². The Morgan fingerprint density at radius 1 is 1.14 bits per heavy atom. The summed E-state index contributed by atoms with van der Waals surface area (Å²) in [6.45, 7) is 1.99. The molecule has 0 spiro atoms. The molecule has 0 saturated heterocycles. The highest BCUT2D eigenvalue weighted by molar-refractivity contribution is 7.51. The van der Waals surface area contributed by atoms with Crippen LogP contribution in [0.3, 0.4) is 0 Å². The number of rotatable bonds is 10. The normalized spacial score (nSPS) is 15.9. The first kappa shape index (κ1) is 25.8. The maximum Gasteiger partial charge on any atom is 0.487 e. The highest BCUT2D eigenvalue weighted by Gasteiger charge is 2.35. The Hall–Kier alpha value is -3.79. The van der Waals surface area contributed by atoms with Gasteiger partial charge in [-0.3, -0.25) is 9.32 Å². The van der Waals surface area contributed by atoms with Crippen molar-refractivity contribution in [2.24, 2.45) is 15.3 Å². The second kappa shape index (κ2) is 9.83. The van der Waals surface area contributed by atoms with Gasteiger partial charge < -0.3 is 20.4 Å². The van der Waals surface area contributed by atoms with Gasteiger partial charge in [0.05, 0.1) is 24.2 Å². The van der Waals surface area contributed by atoms with E-state index in [0.29, 0.717) is 5.52 Å². The number of nitrogens with zero attached hydrogens (tertiary/aromatic N) is 7. The lowest BCUT2D eigenvalue weighted by molar-refractivity contribution is 0.103. The van der Waals surface area contributed by atoms with Gasteiger partial charge in [0.25, 0.3) is 0 Å². The molecule has 186 valence electrons. The number of aromatic nitrogens is 4. The molecule has 4 unspecified atom stereocenters. The lowest BCUT2D eigenvalue weighted by Crippen LogP contribution is -2.44. The molecule has 18 heteroatoms. The summed E-state index contributed by atoms with van der Waals surface area (Å²) in [6, 6.07) is -0.345. The maximum absolute atomic E-state index is 12.6. The van der Waals surface area contributed by atoms with E-state index < -0.39 is 50.3 Å². The van der Waals surface area contributed by atoms with E-state index in [9.17, 15) is 34.0 Å². The van der Waals surface area contributed by atoms with Crippen LogP contribution in [0.15, 0.2) is 37.0 Å². The smallest absolute Gasteiger partial charge is 0.389 e. The molecule has 0 saturated carbocycles. The maximum atomic E-state index is 12.6. The van der Waals surface area contributed by atoms with Crippen molar-refractivity contribution in [3.05, 3.63) is 58.8 Å². The van der Waals surface area contributed by atoms with E-state index >= 15 is 0 Å². The Bertz CT molecular complexity index is 1450. The summed E-state index contributed by atoms with van der Waals surface area (Å²) < 4.78 is 17.1. The Morgan fingerprint density at radius 3 is 2.40 bits per heavy atom. The summed E-state index contributed by atoms with van der Waals surface area (Å²) in [5.74, 6) is 5.18. The number of aliphatic hydroxyl groups is 1. The summed E-state index contributed by atoms with van der Waals surface area (Å²) >= 11 is 0. The van der Waals surface area contributed by atoms with Crippen LogP contribution in [0.1, 0.15) is 11.1 Å². The minimum Gasteiger partial charge on any atom is -0.389 e. The molecule has 0 aromatic heterocycles. The third-order valence-corrected chi connectivity index (χ3v) is 6.03. The lowest BCUT2D eigenvalue weighted by Gasteiger charge is -2.24. The first-order valence-electron chi connectivity index (χ1n) is 9.79. The van der Waals surface area contributed by atoms with Crippen molar-refractivity contribution < 1.29 is 19.1 Å². The van der Waals surface area contributed by atoms with E-state index in [1.807, 2.05) is 4.95 Å². The van der Waals surface area contributed by atoms with E-state index in [1.54, 1.807) is 26.0 Å². The molecule has 0 aliphatic carbocycles. The zero-order valence-corrected chi connectivity index (χ0v) is 19.1. The fourth-order valence-corrected chi connectivity index (χ4v) is 3.77. The van der Waals surface area contributed by atoms with Gasteiger partial charge in [0.1, 0.15) is 18.2 Å². The van der Waals surface area contributed by atoms with Crippen molar-refractivity contribution >= 4 is 18.8 Å². The zero-order chi connectivity index (χ0) is 26.1. The molecule has 1 aromatic rings. The molecule has 0 bridgehead atoms. The van der Waals surface area contributed by atoms with Gasteiger partial charge in [0.15, 0.2) is 11.5 Å². The van der Waals surface area contributed by atoms with Crippen LogP contribution in [0.4, 0.5) is 0 Å². The van der Waals surface area contributed by atoms with Crippen molar-refractivity contribution in [3.63, 3.8) is 0 Å². The van der Waals surface area contributed by atoms with Crippen molar-refractivity contribution in [2.75, 3.05) is 12.4 Å². The van der Waals surface area contributed by atoms with E-state index in [1.165, 1.54) is 4.57 Å². The number of aliphatic hydroxyl groups excluding tert-OH is 1. The van der Waals surface area contributed by atoms with Gasteiger partial charge in [-0.2, -0.15) is 19.5 Å². The number of fused-ring (bicyclic) bond motifs is 2. The van der Waals surface area contributed by atoms with Crippen LogP contribution in [0, 0.1) is 28.6 Å². The Labute approximate surface area is 194 Å². The molecule has 3 rings (SSSR count). The average Bonchev–Trinajstić information content (AvgIpc) is 2.82. The monoisotopic (exact) mass is 510 g/mol. The van der Waals surface area contributed by atoms with Gasteiger partial charge >= 0.3 is 19.0 Å². The van der Waals surface area contributed by atoms with Gasteiger partial charge in [-0.25, -0.2) is 14.3 Å². The first-order valence-corrected chi connectivity index (χ1v) is 11.3. The number of benzene rings is 1. The quantitative estimate of drug-likeness (QED) is 0.140. The SMILES string of the molecule is Cc1cc2nc3c(=O)n(N)c(=O)nc-3n(CC(O)C(N=O)C(COP(=O)(O)N=O)N=O)c2cc1C. The van der Waals surface area contributed by atoms with Crippen molar-refractivity contribution in [2.45, 2.75) is 38.6 Å². The number of nitrogen functional groups attached to an aromatic ring is 1. The van der Waals surface area contributed by atoms with E-state index in [-0.39, 0.29) is 21.7 Å². The number of nitroso groups, excluding NO2 is 3. The van der Waals surface area contributed by atoms with E-state index in [4.69, 9.17) is 10.7 Å². The second-order valence-electron chi connectivity index (χ2n) is 7.59. The molecule has 0 fully saturated rings. The summed E-state index contributed by atoms with van der Waals surface area (Å²) in [5.41, 5.74) is -0.212. The van der Waals surface area contributed by atoms with Gasteiger partial charge in [-0.1, -0.05) is 10.4 Å². The predicted molar refractivity (Wildman–Crippen MR) is 121 cm³/mol. The van der Waals surface area contributed by atoms with Gasteiger partial charge in [-0.15, -0.1) is 4.91 Å². The second-order valence-corrected chi connectivity index (χ2v) is 9.00. The molecule has 2 heterocycles. The average molecular weight is 510 g/mol. The first-order chi connectivity index (χ1) is 16.4. The van der Waals surface area contributed by atoms with Crippen LogP contribution in [-0.4, -0.2) is 54.0 Å². The van der Waals surface area contributed by atoms with Crippen LogP contribution in [-0.2, 0) is 15.6 Å². The molecule has 1 aromatic carbocycles. The minimum atomic E-state index is -4.94. The number of nitrogens with two attached hydrogens (primary N) is 1.